The zero-order valence-electron chi connectivity index (χ0n) is 15.8. The van der Waals surface area contributed by atoms with Crippen molar-refractivity contribution in [3.05, 3.63) is 99.6 Å². The van der Waals surface area contributed by atoms with E-state index in [2.05, 4.69) is 19.9 Å². The van der Waals surface area contributed by atoms with E-state index in [4.69, 9.17) is 0 Å². The molecule has 8 nitrogen and oxygen atoms in total. The first-order valence-corrected chi connectivity index (χ1v) is 9.17. The third-order valence-electron chi connectivity index (χ3n) is 4.72. The van der Waals surface area contributed by atoms with Gasteiger partial charge in [-0.25, -0.2) is 9.59 Å². The molecule has 0 atom stereocenters. The summed E-state index contributed by atoms with van der Waals surface area (Å²) in [6.45, 7) is 3.72. The van der Waals surface area contributed by atoms with Gasteiger partial charge in [-0.1, -0.05) is 38.1 Å². The van der Waals surface area contributed by atoms with Gasteiger partial charge in [0.2, 0.25) is 0 Å². The first-order chi connectivity index (χ1) is 13.4. The van der Waals surface area contributed by atoms with Gasteiger partial charge in [0.1, 0.15) is 0 Å². The van der Waals surface area contributed by atoms with Crippen LogP contribution in [0.4, 0.5) is 0 Å². The van der Waals surface area contributed by atoms with Crippen LogP contribution in [0.2, 0.25) is 0 Å². The Labute approximate surface area is 159 Å². The van der Waals surface area contributed by atoms with E-state index in [9.17, 15) is 19.2 Å². The second kappa shape index (κ2) is 8.08. The van der Waals surface area contributed by atoms with Crippen LogP contribution in [0.25, 0.3) is 0 Å². The lowest BCUT2D eigenvalue weighted by atomic mass is 9.99. The average molecular weight is 382 g/mol. The maximum atomic E-state index is 12.0. The molecule has 0 spiro atoms. The standard InChI is InChI=1S/C20H22N4O4/c1-3-13-15(21-19(27)23-17(13)25)9-11-6-5-7-12(8-11)10-16-14(4-2)18(26)24-20(28)22-16/h5-8H,3-4,9-10H2,1-2H3,(H2,21,23,25,27)(H2,22,24,26,28). The zero-order chi connectivity index (χ0) is 20.3. The van der Waals surface area contributed by atoms with Gasteiger partial charge in [0, 0.05) is 35.4 Å². The number of aromatic amines is 4. The Morgan fingerprint density at radius 1 is 0.679 bits per heavy atom. The van der Waals surface area contributed by atoms with Crippen molar-refractivity contribution in [3.63, 3.8) is 0 Å². The largest absolute Gasteiger partial charge is 0.325 e. The molecule has 0 saturated heterocycles. The van der Waals surface area contributed by atoms with E-state index in [1.165, 1.54) is 0 Å². The van der Waals surface area contributed by atoms with Crippen LogP contribution in [0.3, 0.4) is 0 Å². The van der Waals surface area contributed by atoms with Crippen LogP contribution in [0.1, 0.15) is 47.5 Å². The molecule has 0 fully saturated rings. The molecule has 146 valence electrons. The number of nitrogens with one attached hydrogen (secondary N) is 4. The second-order valence-corrected chi connectivity index (χ2v) is 6.61. The van der Waals surface area contributed by atoms with Gasteiger partial charge >= 0.3 is 11.4 Å². The van der Waals surface area contributed by atoms with Crippen molar-refractivity contribution in [3.8, 4) is 0 Å². The van der Waals surface area contributed by atoms with Crippen molar-refractivity contribution in [2.45, 2.75) is 39.5 Å². The molecular weight excluding hydrogens is 360 g/mol. The fourth-order valence-corrected chi connectivity index (χ4v) is 3.43. The molecule has 0 saturated carbocycles. The minimum atomic E-state index is -0.526. The molecule has 0 amide bonds. The normalized spacial score (nSPS) is 10.9. The molecule has 0 bridgehead atoms. The Hall–Kier alpha value is -3.42. The molecule has 0 radical (unpaired) electrons. The molecule has 2 aromatic heterocycles. The molecule has 8 heteroatoms. The van der Waals surface area contributed by atoms with Crippen LogP contribution < -0.4 is 22.5 Å². The molecule has 0 aliphatic rings. The summed E-state index contributed by atoms with van der Waals surface area (Å²) in [4.78, 5) is 57.2. The Morgan fingerprint density at radius 3 is 1.50 bits per heavy atom. The number of hydrogen-bond acceptors (Lipinski definition) is 4. The van der Waals surface area contributed by atoms with Gasteiger partial charge in [0.25, 0.3) is 11.1 Å². The van der Waals surface area contributed by atoms with Gasteiger partial charge in [-0.3, -0.25) is 19.6 Å². The monoisotopic (exact) mass is 382 g/mol. The maximum Gasteiger partial charge on any atom is 0.325 e. The third kappa shape index (κ3) is 4.11. The number of rotatable bonds is 6. The van der Waals surface area contributed by atoms with E-state index in [0.29, 0.717) is 48.2 Å². The van der Waals surface area contributed by atoms with Crippen molar-refractivity contribution in [2.75, 3.05) is 0 Å². The summed E-state index contributed by atoms with van der Waals surface area (Å²) >= 11 is 0. The van der Waals surface area contributed by atoms with E-state index in [1.807, 2.05) is 38.1 Å². The highest BCUT2D eigenvalue weighted by Gasteiger charge is 2.11. The van der Waals surface area contributed by atoms with Crippen LogP contribution in [0.5, 0.6) is 0 Å². The highest BCUT2D eigenvalue weighted by Crippen LogP contribution is 2.14. The van der Waals surface area contributed by atoms with Crippen molar-refractivity contribution in [1.82, 2.24) is 19.9 Å². The van der Waals surface area contributed by atoms with E-state index in [0.717, 1.165) is 11.1 Å². The Balaban J connectivity index is 1.95. The SMILES string of the molecule is CCc1c(Cc2cccc(Cc3[nH]c(=O)[nH]c(=O)c3CC)c2)[nH]c(=O)[nH]c1=O. The minimum absolute atomic E-state index is 0.369. The van der Waals surface area contributed by atoms with E-state index >= 15 is 0 Å². The third-order valence-corrected chi connectivity index (χ3v) is 4.72. The quantitative estimate of drug-likeness (QED) is 0.501. The molecule has 2 heterocycles. The Morgan fingerprint density at radius 2 is 1.11 bits per heavy atom. The first kappa shape index (κ1) is 19.3. The summed E-state index contributed by atoms with van der Waals surface area (Å²) in [5.74, 6) is 0. The van der Waals surface area contributed by atoms with Gasteiger partial charge in [-0.2, -0.15) is 0 Å². The predicted octanol–water partition coefficient (Wildman–Crippen LogP) is 0.746. The van der Waals surface area contributed by atoms with Crippen molar-refractivity contribution in [1.29, 1.82) is 0 Å². The Kier molecular flexibility index (Phi) is 5.58. The maximum absolute atomic E-state index is 12.0. The van der Waals surface area contributed by atoms with E-state index < -0.39 is 11.4 Å². The molecule has 3 rings (SSSR count). The van der Waals surface area contributed by atoms with Gasteiger partial charge in [-0.15, -0.1) is 0 Å². The van der Waals surface area contributed by atoms with Crippen LogP contribution >= 0.6 is 0 Å². The lowest BCUT2D eigenvalue weighted by Gasteiger charge is -2.10. The van der Waals surface area contributed by atoms with Crippen LogP contribution in [0, 0.1) is 0 Å². The van der Waals surface area contributed by atoms with Crippen LogP contribution in [-0.2, 0) is 25.7 Å². The number of benzene rings is 1. The molecule has 28 heavy (non-hydrogen) atoms. The lowest BCUT2D eigenvalue weighted by Crippen LogP contribution is -2.28. The van der Waals surface area contributed by atoms with E-state index in [-0.39, 0.29) is 11.1 Å². The van der Waals surface area contributed by atoms with Gasteiger partial charge in [0.15, 0.2) is 0 Å². The van der Waals surface area contributed by atoms with Crippen molar-refractivity contribution in [2.24, 2.45) is 0 Å². The van der Waals surface area contributed by atoms with Crippen LogP contribution in [0.15, 0.2) is 43.4 Å². The van der Waals surface area contributed by atoms with Gasteiger partial charge in [-0.05, 0) is 24.0 Å². The zero-order valence-corrected chi connectivity index (χ0v) is 15.8. The average Bonchev–Trinajstić information content (AvgIpc) is 2.61. The van der Waals surface area contributed by atoms with Crippen LogP contribution in [-0.4, -0.2) is 19.9 Å². The lowest BCUT2D eigenvalue weighted by molar-refractivity contribution is 0.881. The number of hydrogen-bond donors (Lipinski definition) is 4. The first-order valence-electron chi connectivity index (χ1n) is 9.17. The molecular formula is C20H22N4O4. The smallest absolute Gasteiger partial charge is 0.311 e. The van der Waals surface area contributed by atoms with E-state index in [1.54, 1.807) is 0 Å². The van der Waals surface area contributed by atoms with Crippen molar-refractivity contribution < 1.29 is 0 Å². The van der Waals surface area contributed by atoms with Crippen molar-refractivity contribution >= 4 is 0 Å². The summed E-state index contributed by atoms with van der Waals surface area (Å²) < 4.78 is 0. The Bertz CT molecular complexity index is 1140. The topological polar surface area (TPSA) is 131 Å². The fourth-order valence-electron chi connectivity index (χ4n) is 3.43. The summed E-state index contributed by atoms with van der Waals surface area (Å²) in [5, 5.41) is 0. The van der Waals surface area contributed by atoms with Gasteiger partial charge in [0.05, 0.1) is 0 Å². The highest BCUT2D eigenvalue weighted by molar-refractivity contribution is 5.32. The molecule has 0 aliphatic carbocycles. The summed E-state index contributed by atoms with van der Waals surface area (Å²) in [6, 6.07) is 7.63. The molecule has 3 aromatic rings. The minimum Gasteiger partial charge on any atom is -0.311 e. The molecule has 4 N–H and O–H groups in total. The molecule has 0 unspecified atom stereocenters. The van der Waals surface area contributed by atoms with Gasteiger partial charge < -0.3 is 9.97 Å². The highest BCUT2D eigenvalue weighted by atomic mass is 16.2. The summed E-state index contributed by atoms with van der Waals surface area (Å²) in [7, 11) is 0. The second-order valence-electron chi connectivity index (χ2n) is 6.61. The summed E-state index contributed by atoms with van der Waals surface area (Å²) in [6.07, 6.45) is 1.83. The molecule has 0 aliphatic heterocycles. The fraction of sp³-hybridized carbons (Fsp3) is 0.300. The molecule has 1 aromatic carbocycles. The predicted molar refractivity (Wildman–Crippen MR) is 106 cm³/mol. The summed E-state index contributed by atoms with van der Waals surface area (Å²) in [5.41, 5.74) is 2.33. The number of aromatic nitrogens is 4. The number of H-pyrrole nitrogens is 4.